The van der Waals surface area contributed by atoms with Gasteiger partial charge in [0.25, 0.3) is 5.91 Å². The minimum atomic E-state index is -3.76. The maximum Gasteiger partial charge on any atom is 0.255 e. The highest BCUT2D eigenvalue weighted by Gasteiger charge is 2.31. The quantitative estimate of drug-likeness (QED) is 0.522. The van der Waals surface area contributed by atoms with Crippen LogP contribution in [0.4, 0.5) is 0 Å². The lowest BCUT2D eigenvalue weighted by Gasteiger charge is -2.18. The standard InChI is InChI=1S/C22H23NO6S2/c1-27-15-6-9-17(10-7-15)31(25,26)21(20-5-4-12-30-20)14-23-22(24)18-11-8-16(28-2)13-19(18)29-3/h4-13,21H,14H2,1-3H3,(H,23,24). The van der Waals surface area contributed by atoms with Crippen molar-refractivity contribution in [3.8, 4) is 17.2 Å². The van der Waals surface area contributed by atoms with E-state index in [-0.39, 0.29) is 17.0 Å². The fourth-order valence-corrected chi connectivity index (χ4v) is 5.82. The molecule has 1 heterocycles. The Balaban J connectivity index is 1.87. The molecule has 1 unspecified atom stereocenters. The van der Waals surface area contributed by atoms with Crippen LogP contribution in [0.3, 0.4) is 0 Å². The molecule has 31 heavy (non-hydrogen) atoms. The molecule has 0 aliphatic carbocycles. The predicted molar refractivity (Wildman–Crippen MR) is 119 cm³/mol. The van der Waals surface area contributed by atoms with Crippen LogP contribution in [-0.4, -0.2) is 42.2 Å². The number of hydrogen-bond donors (Lipinski definition) is 1. The Labute approximate surface area is 185 Å². The van der Waals surface area contributed by atoms with E-state index >= 15 is 0 Å². The maximum absolute atomic E-state index is 13.4. The van der Waals surface area contributed by atoms with Crippen LogP contribution in [0.5, 0.6) is 17.2 Å². The number of methoxy groups -OCH3 is 3. The summed E-state index contributed by atoms with van der Waals surface area (Å²) in [6.45, 7) is -0.0944. The second-order valence-corrected chi connectivity index (χ2v) is 9.61. The predicted octanol–water partition coefficient (Wildman–Crippen LogP) is 3.72. The van der Waals surface area contributed by atoms with E-state index in [9.17, 15) is 13.2 Å². The van der Waals surface area contributed by atoms with Crippen LogP contribution < -0.4 is 19.5 Å². The van der Waals surface area contributed by atoms with Gasteiger partial charge in [0.2, 0.25) is 0 Å². The van der Waals surface area contributed by atoms with Gasteiger partial charge in [0, 0.05) is 17.5 Å². The third-order valence-corrected chi connectivity index (χ3v) is 7.96. The highest BCUT2D eigenvalue weighted by Crippen LogP contribution is 2.32. The zero-order chi connectivity index (χ0) is 22.4. The normalized spacial score (nSPS) is 12.1. The number of rotatable bonds is 9. The number of benzene rings is 2. The molecule has 9 heteroatoms. The van der Waals surface area contributed by atoms with E-state index in [4.69, 9.17) is 14.2 Å². The van der Waals surface area contributed by atoms with Crippen molar-refractivity contribution in [1.82, 2.24) is 5.32 Å². The van der Waals surface area contributed by atoms with Crippen LogP contribution in [0.2, 0.25) is 0 Å². The number of thiophene rings is 1. The Morgan fingerprint density at radius 2 is 1.65 bits per heavy atom. The molecule has 3 aromatic rings. The molecular formula is C22H23NO6S2. The summed E-state index contributed by atoms with van der Waals surface area (Å²) in [4.78, 5) is 13.6. The van der Waals surface area contributed by atoms with Crippen LogP contribution in [0.25, 0.3) is 0 Å². The number of amides is 1. The lowest BCUT2D eigenvalue weighted by molar-refractivity contribution is 0.0950. The smallest absolute Gasteiger partial charge is 0.255 e. The molecule has 0 fully saturated rings. The van der Waals surface area contributed by atoms with Gasteiger partial charge < -0.3 is 19.5 Å². The monoisotopic (exact) mass is 461 g/mol. The molecule has 0 spiro atoms. The first kappa shape index (κ1) is 22.6. The Hall–Kier alpha value is -3.04. The van der Waals surface area contributed by atoms with Gasteiger partial charge in [-0.25, -0.2) is 8.42 Å². The summed E-state index contributed by atoms with van der Waals surface area (Å²) >= 11 is 1.32. The van der Waals surface area contributed by atoms with Gasteiger partial charge in [-0.05, 0) is 47.8 Å². The van der Waals surface area contributed by atoms with Crippen molar-refractivity contribution in [2.75, 3.05) is 27.9 Å². The molecule has 0 saturated carbocycles. The minimum Gasteiger partial charge on any atom is -0.497 e. The summed E-state index contributed by atoms with van der Waals surface area (Å²) in [5.41, 5.74) is 0.287. The van der Waals surface area contributed by atoms with Crippen molar-refractivity contribution in [1.29, 1.82) is 0 Å². The molecule has 1 N–H and O–H groups in total. The van der Waals surface area contributed by atoms with Gasteiger partial charge in [0.15, 0.2) is 9.84 Å². The number of sulfone groups is 1. The molecule has 0 bridgehead atoms. The number of carbonyl (C=O) groups is 1. The molecule has 3 rings (SSSR count). The zero-order valence-electron chi connectivity index (χ0n) is 17.3. The molecule has 164 valence electrons. The lowest BCUT2D eigenvalue weighted by atomic mass is 10.1. The first-order chi connectivity index (χ1) is 14.9. The minimum absolute atomic E-state index is 0.0944. The van der Waals surface area contributed by atoms with Crippen LogP contribution in [0.15, 0.2) is 64.9 Å². The zero-order valence-corrected chi connectivity index (χ0v) is 19.0. The van der Waals surface area contributed by atoms with Gasteiger partial charge in [-0.3, -0.25) is 4.79 Å². The van der Waals surface area contributed by atoms with Crippen LogP contribution in [0, 0.1) is 0 Å². The van der Waals surface area contributed by atoms with Crippen molar-refractivity contribution < 1.29 is 27.4 Å². The third kappa shape index (κ3) is 5.00. The fraction of sp³-hybridized carbons (Fsp3) is 0.227. The molecule has 1 aromatic heterocycles. The molecule has 1 atom stereocenters. The second kappa shape index (κ2) is 9.84. The Kier molecular flexibility index (Phi) is 7.19. The van der Waals surface area contributed by atoms with Crippen molar-refractivity contribution in [2.24, 2.45) is 0 Å². The summed E-state index contributed by atoms with van der Waals surface area (Å²) in [5, 5.41) is 3.61. The van der Waals surface area contributed by atoms with Gasteiger partial charge in [0.1, 0.15) is 22.5 Å². The van der Waals surface area contributed by atoms with Crippen molar-refractivity contribution >= 4 is 27.1 Å². The molecule has 0 aliphatic heterocycles. The summed E-state index contributed by atoms with van der Waals surface area (Å²) in [7, 11) is 0.721. The van der Waals surface area contributed by atoms with E-state index in [0.29, 0.717) is 22.1 Å². The third-order valence-electron chi connectivity index (χ3n) is 4.72. The van der Waals surface area contributed by atoms with Gasteiger partial charge in [-0.2, -0.15) is 0 Å². The topological polar surface area (TPSA) is 90.9 Å². The van der Waals surface area contributed by atoms with E-state index in [1.54, 1.807) is 47.8 Å². The number of hydrogen-bond acceptors (Lipinski definition) is 7. The van der Waals surface area contributed by atoms with Crippen molar-refractivity contribution in [3.05, 3.63) is 70.4 Å². The second-order valence-electron chi connectivity index (χ2n) is 6.50. The van der Waals surface area contributed by atoms with E-state index in [0.717, 1.165) is 0 Å². The summed E-state index contributed by atoms with van der Waals surface area (Å²) in [6.07, 6.45) is 0. The number of ether oxygens (including phenoxy) is 3. The van der Waals surface area contributed by atoms with Crippen LogP contribution >= 0.6 is 11.3 Å². The van der Waals surface area contributed by atoms with Crippen molar-refractivity contribution in [2.45, 2.75) is 10.1 Å². The Morgan fingerprint density at radius 1 is 0.968 bits per heavy atom. The molecule has 0 saturated heterocycles. The number of nitrogens with one attached hydrogen (secondary N) is 1. The molecule has 0 aliphatic rings. The summed E-state index contributed by atoms with van der Waals surface area (Å²) < 4.78 is 42.3. The molecular weight excluding hydrogens is 438 g/mol. The van der Waals surface area contributed by atoms with Gasteiger partial charge in [-0.1, -0.05) is 6.07 Å². The average Bonchev–Trinajstić information content (AvgIpc) is 3.32. The van der Waals surface area contributed by atoms with E-state index < -0.39 is 21.0 Å². The highest BCUT2D eigenvalue weighted by molar-refractivity contribution is 7.91. The maximum atomic E-state index is 13.4. The van der Waals surface area contributed by atoms with Crippen molar-refractivity contribution in [3.63, 3.8) is 0 Å². The van der Waals surface area contributed by atoms with Gasteiger partial charge in [-0.15, -0.1) is 11.3 Å². The molecule has 0 radical (unpaired) electrons. The first-order valence-electron chi connectivity index (χ1n) is 9.32. The van der Waals surface area contributed by atoms with Gasteiger partial charge in [0.05, 0.1) is 31.8 Å². The molecule has 1 amide bonds. The Bertz CT molecular complexity index is 1130. The van der Waals surface area contributed by atoms with E-state index in [1.807, 2.05) is 0 Å². The highest BCUT2D eigenvalue weighted by atomic mass is 32.2. The van der Waals surface area contributed by atoms with Crippen LogP contribution in [-0.2, 0) is 9.84 Å². The first-order valence-corrected chi connectivity index (χ1v) is 11.7. The van der Waals surface area contributed by atoms with Gasteiger partial charge >= 0.3 is 0 Å². The van der Waals surface area contributed by atoms with E-state index in [2.05, 4.69) is 5.32 Å². The molecule has 7 nitrogen and oxygen atoms in total. The Morgan fingerprint density at radius 3 is 2.23 bits per heavy atom. The summed E-state index contributed by atoms with van der Waals surface area (Å²) in [5.74, 6) is 1.01. The average molecular weight is 462 g/mol. The lowest BCUT2D eigenvalue weighted by Crippen LogP contribution is -2.31. The van der Waals surface area contributed by atoms with Crippen LogP contribution in [0.1, 0.15) is 20.5 Å². The molecule has 2 aromatic carbocycles. The summed E-state index contributed by atoms with van der Waals surface area (Å²) in [6, 6.07) is 14.5. The van der Waals surface area contributed by atoms with E-state index in [1.165, 1.54) is 44.8 Å². The largest absolute Gasteiger partial charge is 0.497 e. The fourth-order valence-electron chi connectivity index (χ4n) is 3.03. The SMILES string of the molecule is COc1ccc(S(=O)(=O)C(CNC(=O)c2ccc(OC)cc2OC)c2cccs2)cc1. The number of carbonyl (C=O) groups excluding carboxylic acids is 1.